The number of hydrogen-bond acceptors (Lipinski definition) is 5. The SMILES string of the molecule is COc1ccccc1CN(Cc1cccs1)C(=O)c1cnc2c(cnn2C(C)C)c1. The van der Waals surface area contributed by atoms with Crippen LogP contribution in [0.3, 0.4) is 0 Å². The van der Waals surface area contributed by atoms with Gasteiger partial charge in [-0.25, -0.2) is 9.67 Å². The van der Waals surface area contributed by atoms with Crippen molar-refractivity contribution in [2.24, 2.45) is 0 Å². The number of methoxy groups -OCH3 is 1. The molecule has 1 aromatic carbocycles. The Morgan fingerprint density at radius 3 is 2.73 bits per heavy atom. The molecule has 154 valence electrons. The molecule has 0 spiro atoms. The number of amides is 1. The number of nitrogens with zero attached hydrogens (tertiary/aromatic N) is 4. The third kappa shape index (κ3) is 4.07. The van der Waals surface area contributed by atoms with Crippen LogP contribution in [0.25, 0.3) is 11.0 Å². The molecule has 3 aromatic heterocycles. The van der Waals surface area contributed by atoms with E-state index in [-0.39, 0.29) is 11.9 Å². The zero-order valence-electron chi connectivity index (χ0n) is 17.3. The van der Waals surface area contributed by atoms with Gasteiger partial charge in [0, 0.05) is 28.1 Å². The summed E-state index contributed by atoms with van der Waals surface area (Å²) in [6, 6.07) is 13.9. The minimum Gasteiger partial charge on any atom is -0.496 e. The predicted molar refractivity (Wildman–Crippen MR) is 119 cm³/mol. The molecular weight excluding hydrogens is 396 g/mol. The first-order valence-corrected chi connectivity index (χ1v) is 10.7. The molecule has 7 heteroatoms. The Morgan fingerprint density at radius 1 is 1.17 bits per heavy atom. The topological polar surface area (TPSA) is 60.2 Å². The highest BCUT2D eigenvalue weighted by Crippen LogP contribution is 2.24. The number of thiophene rings is 1. The summed E-state index contributed by atoms with van der Waals surface area (Å²) in [5.41, 5.74) is 2.31. The second kappa shape index (κ2) is 8.67. The summed E-state index contributed by atoms with van der Waals surface area (Å²) in [6.07, 6.45) is 3.41. The lowest BCUT2D eigenvalue weighted by Crippen LogP contribution is -2.30. The fraction of sp³-hybridized carbons (Fsp3) is 0.261. The number of hydrogen-bond donors (Lipinski definition) is 0. The molecule has 6 nitrogen and oxygen atoms in total. The molecular formula is C23H24N4O2S. The van der Waals surface area contributed by atoms with Gasteiger partial charge < -0.3 is 9.64 Å². The molecule has 0 bridgehead atoms. The summed E-state index contributed by atoms with van der Waals surface area (Å²) < 4.78 is 7.35. The highest BCUT2D eigenvalue weighted by atomic mass is 32.1. The number of ether oxygens (including phenoxy) is 1. The Kier molecular flexibility index (Phi) is 5.81. The maximum Gasteiger partial charge on any atom is 0.256 e. The van der Waals surface area contributed by atoms with E-state index in [0.29, 0.717) is 18.7 Å². The molecule has 0 saturated carbocycles. The zero-order chi connectivity index (χ0) is 21.1. The number of carbonyl (C=O) groups excluding carboxylic acids is 1. The van der Waals surface area contributed by atoms with Gasteiger partial charge in [-0.05, 0) is 37.4 Å². The lowest BCUT2D eigenvalue weighted by atomic mass is 10.1. The van der Waals surface area contributed by atoms with E-state index in [2.05, 4.69) is 23.9 Å². The van der Waals surface area contributed by atoms with E-state index >= 15 is 0 Å². The van der Waals surface area contributed by atoms with Gasteiger partial charge in [-0.1, -0.05) is 24.3 Å². The van der Waals surface area contributed by atoms with Crippen LogP contribution < -0.4 is 4.74 Å². The molecule has 0 aliphatic heterocycles. The van der Waals surface area contributed by atoms with Crippen molar-refractivity contribution >= 4 is 28.3 Å². The highest BCUT2D eigenvalue weighted by Gasteiger charge is 2.20. The zero-order valence-corrected chi connectivity index (χ0v) is 18.1. The molecule has 0 aliphatic rings. The van der Waals surface area contributed by atoms with Crippen LogP contribution in [-0.2, 0) is 13.1 Å². The molecule has 3 heterocycles. The van der Waals surface area contributed by atoms with Crippen LogP contribution in [-0.4, -0.2) is 32.7 Å². The first-order valence-electron chi connectivity index (χ1n) is 9.83. The van der Waals surface area contributed by atoms with Gasteiger partial charge in [-0.15, -0.1) is 11.3 Å². The minimum atomic E-state index is -0.0685. The number of pyridine rings is 1. The van der Waals surface area contributed by atoms with E-state index in [0.717, 1.165) is 27.2 Å². The molecule has 0 radical (unpaired) electrons. The molecule has 0 atom stereocenters. The van der Waals surface area contributed by atoms with Gasteiger partial charge in [0.25, 0.3) is 5.91 Å². The highest BCUT2D eigenvalue weighted by molar-refractivity contribution is 7.09. The maximum absolute atomic E-state index is 13.5. The average Bonchev–Trinajstić information content (AvgIpc) is 3.42. The molecule has 4 rings (SSSR count). The lowest BCUT2D eigenvalue weighted by molar-refractivity contribution is 0.0730. The van der Waals surface area contributed by atoms with Gasteiger partial charge in [0.1, 0.15) is 5.75 Å². The van der Waals surface area contributed by atoms with Crippen LogP contribution in [0.2, 0.25) is 0 Å². The summed E-state index contributed by atoms with van der Waals surface area (Å²) in [5.74, 6) is 0.703. The van der Waals surface area contributed by atoms with E-state index in [9.17, 15) is 4.79 Å². The Balaban J connectivity index is 1.67. The number of benzene rings is 1. The van der Waals surface area contributed by atoms with Crippen molar-refractivity contribution < 1.29 is 9.53 Å². The van der Waals surface area contributed by atoms with E-state index in [1.54, 1.807) is 30.8 Å². The predicted octanol–water partition coefficient (Wildman–Crippen LogP) is 4.92. The molecule has 30 heavy (non-hydrogen) atoms. The van der Waals surface area contributed by atoms with Gasteiger partial charge in [0.15, 0.2) is 5.65 Å². The normalized spacial score (nSPS) is 11.2. The number of rotatable bonds is 7. The molecule has 0 N–H and O–H groups in total. The van der Waals surface area contributed by atoms with Crippen LogP contribution in [0.1, 0.15) is 40.7 Å². The summed E-state index contributed by atoms with van der Waals surface area (Å²) in [4.78, 5) is 21.0. The third-order valence-corrected chi connectivity index (χ3v) is 5.80. The van der Waals surface area contributed by atoms with Gasteiger partial charge in [-0.2, -0.15) is 5.10 Å². The van der Waals surface area contributed by atoms with Gasteiger partial charge in [-0.3, -0.25) is 4.79 Å². The van der Waals surface area contributed by atoms with Crippen LogP contribution >= 0.6 is 11.3 Å². The van der Waals surface area contributed by atoms with Crippen molar-refractivity contribution in [2.75, 3.05) is 7.11 Å². The number of aromatic nitrogens is 3. The van der Waals surface area contributed by atoms with Crippen molar-refractivity contribution in [3.8, 4) is 5.75 Å². The molecule has 4 aromatic rings. The number of carbonyl (C=O) groups is 1. The van der Waals surface area contributed by atoms with E-state index in [1.165, 1.54) is 0 Å². The minimum absolute atomic E-state index is 0.0685. The standard InChI is InChI=1S/C23H24N4O2S/c1-16(2)27-22-18(13-25-27)11-19(12-24-22)23(28)26(15-20-8-6-10-30-20)14-17-7-4-5-9-21(17)29-3/h4-13,16H,14-15H2,1-3H3. The summed E-state index contributed by atoms with van der Waals surface area (Å²) in [5, 5.41) is 7.29. The third-order valence-electron chi connectivity index (χ3n) is 4.94. The van der Waals surface area contributed by atoms with E-state index in [1.807, 2.05) is 57.4 Å². The molecule has 0 aliphatic carbocycles. The average molecular weight is 421 g/mol. The van der Waals surface area contributed by atoms with Crippen LogP contribution in [0.4, 0.5) is 0 Å². The quantitative estimate of drug-likeness (QED) is 0.426. The monoisotopic (exact) mass is 420 g/mol. The second-order valence-electron chi connectivity index (χ2n) is 7.37. The fourth-order valence-electron chi connectivity index (χ4n) is 3.45. The lowest BCUT2D eigenvalue weighted by Gasteiger charge is -2.23. The maximum atomic E-state index is 13.5. The van der Waals surface area contributed by atoms with Crippen molar-refractivity contribution in [3.63, 3.8) is 0 Å². The summed E-state index contributed by atoms with van der Waals surface area (Å²) >= 11 is 1.64. The Bertz CT molecular complexity index is 1150. The van der Waals surface area contributed by atoms with E-state index < -0.39 is 0 Å². The number of fused-ring (bicyclic) bond motifs is 1. The van der Waals surface area contributed by atoms with Crippen molar-refractivity contribution in [1.82, 2.24) is 19.7 Å². The first-order chi connectivity index (χ1) is 14.6. The first kappa shape index (κ1) is 20.1. The van der Waals surface area contributed by atoms with Crippen molar-refractivity contribution in [1.29, 1.82) is 0 Å². The van der Waals surface area contributed by atoms with Crippen LogP contribution in [0.5, 0.6) is 5.75 Å². The fourth-order valence-corrected chi connectivity index (χ4v) is 4.17. The molecule has 0 unspecified atom stereocenters. The Hall–Kier alpha value is -3.19. The van der Waals surface area contributed by atoms with Crippen LogP contribution in [0.15, 0.2) is 60.2 Å². The number of para-hydroxylation sites is 1. The largest absolute Gasteiger partial charge is 0.496 e. The van der Waals surface area contributed by atoms with Crippen molar-refractivity contribution in [2.45, 2.75) is 33.0 Å². The smallest absolute Gasteiger partial charge is 0.256 e. The van der Waals surface area contributed by atoms with Gasteiger partial charge in [0.05, 0.1) is 32.0 Å². The summed E-state index contributed by atoms with van der Waals surface area (Å²) in [7, 11) is 1.65. The van der Waals surface area contributed by atoms with Crippen molar-refractivity contribution in [3.05, 3.63) is 76.2 Å². The Labute approximate surface area is 179 Å². The summed E-state index contributed by atoms with van der Waals surface area (Å²) in [6.45, 7) is 5.09. The molecule has 0 saturated heterocycles. The second-order valence-corrected chi connectivity index (χ2v) is 8.40. The molecule has 1 amide bonds. The van der Waals surface area contributed by atoms with Gasteiger partial charge >= 0.3 is 0 Å². The molecule has 0 fully saturated rings. The van der Waals surface area contributed by atoms with E-state index in [4.69, 9.17) is 4.74 Å². The van der Waals surface area contributed by atoms with Crippen LogP contribution in [0, 0.1) is 0 Å². The van der Waals surface area contributed by atoms with Gasteiger partial charge in [0.2, 0.25) is 0 Å². The Morgan fingerprint density at radius 2 is 2.00 bits per heavy atom.